The lowest BCUT2D eigenvalue weighted by Gasteiger charge is -2.10. The minimum absolute atomic E-state index is 0.111. The smallest absolute Gasteiger partial charge is 0.355 e. The minimum Gasteiger partial charge on any atom is -0.355 e. The van der Waals surface area contributed by atoms with Crippen LogP contribution in [0.3, 0.4) is 0 Å². The van der Waals surface area contributed by atoms with Crippen LogP contribution in [0.25, 0.3) is 10.8 Å². The summed E-state index contributed by atoms with van der Waals surface area (Å²) in [6, 6.07) is 5.63. The highest BCUT2D eigenvalue weighted by atomic mass is 35.5. The molecule has 4 nitrogen and oxygen atoms in total. The topological polar surface area (TPSA) is 56.3 Å². The van der Waals surface area contributed by atoms with Gasteiger partial charge >= 0.3 is 15.6 Å². The van der Waals surface area contributed by atoms with E-state index in [2.05, 4.69) is 9.17 Å². The van der Waals surface area contributed by atoms with Crippen LogP contribution < -0.4 is 4.18 Å². The molecule has 0 radical (unpaired) electrons. The van der Waals surface area contributed by atoms with Gasteiger partial charge in [0.1, 0.15) is 0 Å². The molecular weight excluding hydrogens is 307 g/mol. The van der Waals surface area contributed by atoms with Gasteiger partial charge in [-0.3, -0.25) is 0 Å². The largest absolute Gasteiger partial charge is 0.534 e. The molecule has 0 unspecified atom stereocenters. The molecule has 19 heavy (non-hydrogen) atoms. The molecule has 0 saturated heterocycles. The molecule has 1 aromatic heterocycles. The monoisotopic (exact) mass is 311 g/mol. The number of alkyl halides is 3. The third-order valence-electron chi connectivity index (χ3n) is 2.16. The first-order valence-corrected chi connectivity index (χ1v) is 6.54. The van der Waals surface area contributed by atoms with Crippen molar-refractivity contribution in [1.82, 2.24) is 4.98 Å². The summed E-state index contributed by atoms with van der Waals surface area (Å²) in [4.78, 5) is 3.49. The van der Waals surface area contributed by atoms with Crippen LogP contribution in [0.5, 0.6) is 5.88 Å². The highest BCUT2D eigenvalue weighted by Crippen LogP contribution is 2.31. The van der Waals surface area contributed by atoms with Crippen molar-refractivity contribution in [2.24, 2.45) is 0 Å². The van der Waals surface area contributed by atoms with Gasteiger partial charge in [-0.05, 0) is 29.7 Å². The zero-order chi connectivity index (χ0) is 14.3. The second-order valence-electron chi connectivity index (χ2n) is 3.46. The Morgan fingerprint density at radius 3 is 2.53 bits per heavy atom. The van der Waals surface area contributed by atoms with Gasteiger partial charge in [0.05, 0.1) is 0 Å². The maximum Gasteiger partial charge on any atom is 0.534 e. The van der Waals surface area contributed by atoms with Gasteiger partial charge in [-0.2, -0.15) is 21.6 Å². The van der Waals surface area contributed by atoms with Crippen molar-refractivity contribution in [3.8, 4) is 5.88 Å². The average molecular weight is 312 g/mol. The molecule has 9 heteroatoms. The lowest BCUT2D eigenvalue weighted by Crippen LogP contribution is -2.28. The van der Waals surface area contributed by atoms with Crippen LogP contribution in [0.4, 0.5) is 13.2 Å². The molecule has 1 heterocycles. The number of halogens is 4. The van der Waals surface area contributed by atoms with Crippen LogP contribution in [0.15, 0.2) is 30.5 Å². The van der Waals surface area contributed by atoms with E-state index in [0.29, 0.717) is 10.4 Å². The first-order valence-electron chi connectivity index (χ1n) is 4.76. The van der Waals surface area contributed by atoms with Crippen LogP contribution >= 0.6 is 11.6 Å². The number of pyridine rings is 1. The SMILES string of the molecule is O=S(=O)(Oc1nccc2cc(Cl)ccc12)C(F)(F)F. The van der Waals surface area contributed by atoms with Gasteiger partial charge in [0.2, 0.25) is 5.88 Å². The lowest BCUT2D eigenvalue weighted by molar-refractivity contribution is -0.0500. The molecule has 0 aliphatic heterocycles. The summed E-state index contributed by atoms with van der Waals surface area (Å²) in [5, 5.41) is 0.873. The van der Waals surface area contributed by atoms with Crippen LogP contribution in [-0.4, -0.2) is 18.9 Å². The fourth-order valence-corrected chi connectivity index (χ4v) is 1.95. The molecule has 0 amide bonds. The van der Waals surface area contributed by atoms with E-state index >= 15 is 0 Å². The Labute approximate surface area is 110 Å². The quantitative estimate of drug-likeness (QED) is 0.631. The fourth-order valence-electron chi connectivity index (χ4n) is 1.34. The number of benzene rings is 1. The molecule has 102 valence electrons. The molecule has 0 aliphatic rings. The van der Waals surface area contributed by atoms with Crippen molar-refractivity contribution >= 4 is 32.5 Å². The van der Waals surface area contributed by atoms with Crippen LogP contribution in [-0.2, 0) is 10.1 Å². The van der Waals surface area contributed by atoms with E-state index in [9.17, 15) is 21.6 Å². The van der Waals surface area contributed by atoms with E-state index in [1.54, 1.807) is 0 Å². The van der Waals surface area contributed by atoms with E-state index in [1.165, 1.54) is 24.3 Å². The molecule has 0 N–H and O–H groups in total. The van der Waals surface area contributed by atoms with Crippen LogP contribution in [0.1, 0.15) is 0 Å². The Kier molecular flexibility index (Phi) is 3.31. The number of fused-ring (bicyclic) bond motifs is 1. The van der Waals surface area contributed by atoms with Gasteiger partial charge in [-0.1, -0.05) is 11.6 Å². The maximum atomic E-state index is 12.2. The van der Waals surface area contributed by atoms with Crippen molar-refractivity contribution in [3.63, 3.8) is 0 Å². The van der Waals surface area contributed by atoms with Crippen molar-refractivity contribution in [3.05, 3.63) is 35.5 Å². The van der Waals surface area contributed by atoms with E-state index in [1.807, 2.05) is 0 Å². The molecule has 2 aromatic rings. The summed E-state index contributed by atoms with van der Waals surface area (Å²) in [5.74, 6) is -0.647. The zero-order valence-corrected chi connectivity index (χ0v) is 10.6. The first kappa shape index (κ1) is 13.9. The van der Waals surface area contributed by atoms with E-state index in [4.69, 9.17) is 11.6 Å². The molecule has 0 atom stereocenters. The second-order valence-corrected chi connectivity index (χ2v) is 5.44. The summed E-state index contributed by atoms with van der Waals surface area (Å²) in [6.45, 7) is 0. The van der Waals surface area contributed by atoms with Crippen molar-refractivity contribution in [2.75, 3.05) is 0 Å². The predicted molar refractivity (Wildman–Crippen MR) is 62.4 cm³/mol. The highest BCUT2D eigenvalue weighted by Gasteiger charge is 2.49. The van der Waals surface area contributed by atoms with Crippen LogP contribution in [0.2, 0.25) is 5.02 Å². The Morgan fingerprint density at radius 2 is 1.89 bits per heavy atom. The lowest BCUT2D eigenvalue weighted by atomic mass is 10.2. The molecule has 2 rings (SSSR count). The Hall–Kier alpha value is -1.54. The molecule has 0 fully saturated rings. The molecule has 0 saturated carbocycles. The third kappa shape index (κ3) is 2.74. The van der Waals surface area contributed by atoms with E-state index in [0.717, 1.165) is 6.20 Å². The number of nitrogens with zero attached hydrogens (tertiary/aromatic N) is 1. The minimum atomic E-state index is -5.75. The number of aromatic nitrogens is 1. The number of hydrogen-bond donors (Lipinski definition) is 0. The molecule has 0 spiro atoms. The fraction of sp³-hybridized carbons (Fsp3) is 0.100. The standard InChI is InChI=1S/C10H5ClF3NO3S/c11-7-1-2-8-6(5-7)3-4-15-9(8)18-19(16,17)10(12,13)14/h1-5H. The number of rotatable bonds is 2. The maximum absolute atomic E-state index is 12.2. The van der Waals surface area contributed by atoms with Gasteiger partial charge in [-0.25, -0.2) is 4.98 Å². The van der Waals surface area contributed by atoms with Gasteiger partial charge in [0.25, 0.3) is 0 Å². The van der Waals surface area contributed by atoms with Gasteiger partial charge < -0.3 is 4.18 Å². The summed E-state index contributed by atoms with van der Waals surface area (Å²) in [5.41, 5.74) is -5.51. The normalized spacial score (nSPS) is 12.6. The molecule has 0 aliphatic carbocycles. The Morgan fingerprint density at radius 1 is 1.21 bits per heavy atom. The molecule has 0 bridgehead atoms. The summed E-state index contributed by atoms with van der Waals surface area (Å²) >= 11 is 5.72. The second kappa shape index (κ2) is 4.53. The van der Waals surface area contributed by atoms with E-state index in [-0.39, 0.29) is 5.39 Å². The van der Waals surface area contributed by atoms with Crippen molar-refractivity contribution < 1.29 is 25.8 Å². The van der Waals surface area contributed by atoms with E-state index < -0.39 is 21.5 Å². The summed E-state index contributed by atoms with van der Waals surface area (Å²) < 4.78 is 62.5. The third-order valence-corrected chi connectivity index (χ3v) is 3.34. The molecule has 1 aromatic carbocycles. The predicted octanol–water partition coefficient (Wildman–Crippen LogP) is 3.12. The number of hydrogen-bond acceptors (Lipinski definition) is 4. The summed E-state index contributed by atoms with van der Waals surface area (Å²) in [7, 11) is -5.75. The van der Waals surface area contributed by atoms with Crippen molar-refractivity contribution in [2.45, 2.75) is 5.51 Å². The Bertz CT molecular complexity index is 730. The van der Waals surface area contributed by atoms with Crippen molar-refractivity contribution in [1.29, 1.82) is 0 Å². The first-order chi connectivity index (χ1) is 8.71. The van der Waals surface area contributed by atoms with Gasteiger partial charge in [-0.15, -0.1) is 0 Å². The molecular formula is C10H5ClF3NO3S. The average Bonchev–Trinajstić information content (AvgIpc) is 2.26. The van der Waals surface area contributed by atoms with Gasteiger partial charge in [0, 0.05) is 16.6 Å². The summed E-state index contributed by atoms with van der Waals surface area (Å²) in [6.07, 6.45) is 1.12. The highest BCUT2D eigenvalue weighted by molar-refractivity contribution is 7.88. The zero-order valence-electron chi connectivity index (χ0n) is 8.98. The van der Waals surface area contributed by atoms with Crippen LogP contribution in [0, 0.1) is 0 Å². The Balaban J connectivity index is 2.53. The van der Waals surface area contributed by atoms with Gasteiger partial charge in [0.15, 0.2) is 0 Å².